The van der Waals surface area contributed by atoms with E-state index in [2.05, 4.69) is 110 Å². The highest BCUT2D eigenvalue weighted by Crippen LogP contribution is 2.34. The molecule has 4 unspecified atom stereocenters. The molecule has 0 radical (unpaired) electrons. The van der Waals surface area contributed by atoms with Gasteiger partial charge in [0, 0.05) is 50.3 Å². The zero-order valence-corrected chi connectivity index (χ0v) is 59.0. The molecule has 20 heteroatoms. The van der Waals surface area contributed by atoms with Gasteiger partial charge in [-0.2, -0.15) is 0 Å². The van der Waals surface area contributed by atoms with Crippen LogP contribution in [0.3, 0.4) is 0 Å². The molecular weight excluding hydrogens is 1120 g/mol. The second-order valence-electron chi connectivity index (χ2n) is 26.7. The van der Waals surface area contributed by atoms with Gasteiger partial charge in [-0.1, -0.05) is 114 Å². The van der Waals surface area contributed by atoms with Crippen molar-refractivity contribution in [3.05, 3.63) is 0 Å². The van der Waals surface area contributed by atoms with E-state index >= 15 is 0 Å². The second kappa shape index (κ2) is 48.2. The zero-order chi connectivity index (χ0) is 64.4. The Morgan fingerprint density at radius 3 is 1.26 bits per heavy atom. The summed E-state index contributed by atoms with van der Waals surface area (Å²) >= 11 is 0. The fourth-order valence-corrected chi connectivity index (χ4v) is 12.9. The zero-order valence-electron chi connectivity index (χ0n) is 57.4. The SMILES string of the molecule is CCCCCCCC(=O)OC(CC)CC(C)CC(=O)N[C@@H](CSSC[C@H](NC(=O)CC(C)(C)CC(C)(C)OC(=O)CCCCCCC)C(=O)OC(C)CN(CCCN(C)C)CCCN(C)C)C(=O)OC(C)CN(CCCN(C)C)CCCN(C)C. The smallest absolute Gasteiger partial charge is 0.329 e. The summed E-state index contributed by atoms with van der Waals surface area (Å²) in [6.07, 6.45) is 15.4. The van der Waals surface area contributed by atoms with E-state index in [1.54, 1.807) is 0 Å². The first-order valence-corrected chi connectivity index (χ1v) is 35.2. The number of nitrogens with zero attached hydrogens (tertiary/aromatic N) is 6. The van der Waals surface area contributed by atoms with Crippen LogP contribution < -0.4 is 10.6 Å². The van der Waals surface area contributed by atoms with Gasteiger partial charge in [0.2, 0.25) is 11.8 Å². The van der Waals surface area contributed by atoms with Crippen LogP contribution in [-0.4, -0.2) is 234 Å². The number of hydrogen-bond donors (Lipinski definition) is 2. The summed E-state index contributed by atoms with van der Waals surface area (Å²) in [5, 5.41) is 6.01. The predicted octanol–water partition coefficient (Wildman–Crippen LogP) is 10.2. The monoisotopic (exact) mass is 1240 g/mol. The highest BCUT2D eigenvalue weighted by atomic mass is 33.1. The molecular formula is C65H128N8O10S2. The van der Waals surface area contributed by atoms with Crippen LogP contribution in [0, 0.1) is 11.3 Å². The topological polar surface area (TPSA) is 183 Å². The van der Waals surface area contributed by atoms with E-state index in [0.29, 0.717) is 45.2 Å². The summed E-state index contributed by atoms with van der Waals surface area (Å²) < 4.78 is 24.2. The number of hydrogen-bond acceptors (Lipinski definition) is 18. The van der Waals surface area contributed by atoms with Gasteiger partial charge in [-0.05, 0) is 206 Å². The Morgan fingerprint density at radius 2 is 0.871 bits per heavy atom. The molecule has 0 aromatic carbocycles. The van der Waals surface area contributed by atoms with Gasteiger partial charge in [0.15, 0.2) is 0 Å². The molecule has 0 fully saturated rings. The number of carbonyl (C=O) groups excluding carboxylic acids is 6. The van der Waals surface area contributed by atoms with E-state index in [4.69, 9.17) is 18.9 Å². The standard InChI is InChI=1S/C65H128N8O10S2/c1-19-22-24-26-28-34-60(76)82-55(21-3)44-52(4)45-58(74)66-56(62(78)80-53(5)47-72(40-30-36-68(11)12)41-31-37-69(13)14)49-84-85-50-57(63(79)81-54(6)48-73(42-32-38-70(15)16)43-33-39-71(17)18)67-59(75)46-64(7,8)51-65(9,10)83-61(77)35-29-27-25-23-20-2/h52-57H,19-51H2,1-18H3,(H,66,74)(H,67,75)/t52?,53?,54?,55?,56-,57-/m0/s1. The van der Waals surface area contributed by atoms with Gasteiger partial charge >= 0.3 is 23.9 Å². The van der Waals surface area contributed by atoms with Crippen LogP contribution in [0.4, 0.5) is 0 Å². The van der Waals surface area contributed by atoms with Crippen LogP contribution in [-0.2, 0) is 47.7 Å². The number of unbranched alkanes of at least 4 members (excludes halogenated alkanes) is 8. The van der Waals surface area contributed by atoms with E-state index < -0.39 is 47.2 Å². The maximum atomic E-state index is 14.4. The summed E-state index contributed by atoms with van der Waals surface area (Å²) in [6.45, 7) is 27.9. The van der Waals surface area contributed by atoms with Crippen molar-refractivity contribution in [3.63, 3.8) is 0 Å². The molecule has 0 aliphatic carbocycles. The number of nitrogens with one attached hydrogen (secondary N) is 2. The number of rotatable bonds is 54. The minimum atomic E-state index is -1.04. The van der Waals surface area contributed by atoms with Gasteiger partial charge < -0.3 is 49.2 Å². The third kappa shape index (κ3) is 47.0. The Balaban J connectivity index is 6.65. The molecule has 2 amide bonds. The maximum Gasteiger partial charge on any atom is 0.329 e. The van der Waals surface area contributed by atoms with E-state index in [-0.39, 0.29) is 60.1 Å². The molecule has 18 nitrogen and oxygen atoms in total. The number of ether oxygens (including phenoxy) is 4. The number of carbonyl (C=O) groups is 6. The molecule has 500 valence electrons. The molecule has 0 bridgehead atoms. The molecule has 0 rings (SSSR count). The lowest BCUT2D eigenvalue weighted by molar-refractivity contribution is -0.160. The largest absolute Gasteiger partial charge is 0.462 e. The van der Waals surface area contributed by atoms with E-state index in [0.717, 1.165) is 142 Å². The van der Waals surface area contributed by atoms with Crippen molar-refractivity contribution in [1.82, 2.24) is 40.0 Å². The highest BCUT2D eigenvalue weighted by molar-refractivity contribution is 8.76. The minimum absolute atomic E-state index is 0.0630. The Morgan fingerprint density at radius 1 is 0.482 bits per heavy atom. The van der Waals surface area contributed by atoms with Gasteiger partial charge in [0.1, 0.15) is 36.0 Å². The summed E-state index contributed by atoms with van der Waals surface area (Å²) in [5.41, 5.74) is -1.43. The molecule has 0 aromatic rings. The van der Waals surface area contributed by atoms with Crippen LogP contribution in [0.2, 0.25) is 0 Å². The van der Waals surface area contributed by atoms with Gasteiger partial charge in [0.25, 0.3) is 0 Å². The first kappa shape index (κ1) is 82.3. The molecule has 0 aliphatic rings. The number of amides is 2. The van der Waals surface area contributed by atoms with Crippen molar-refractivity contribution >= 4 is 57.3 Å². The number of esters is 4. The first-order valence-electron chi connectivity index (χ1n) is 32.7. The first-order chi connectivity index (χ1) is 40.0. The van der Waals surface area contributed by atoms with Gasteiger partial charge in [-0.15, -0.1) is 0 Å². The summed E-state index contributed by atoms with van der Waals surface area (Å²) in [6, 6.07) is -2.06. The minimum Gasteiger partial charge on any atom is -0.462 e. The van der Waals surface area contributed by atoms with Crippen molar-refractivity contribution in [3.8, 4) is 0 Å². The third-order valence-electron chi connectivity index (χ3n) is 14.6. The van der Waals surface area contributed by atoms with Crippen LogP contribution in [0.15, 0.2) is 0 Å². The van der Waals surface area contributed by atoms with E-state index in [1.165, 1.54) is 21.6 Å². The lowest BCUT2D eigenvalue weighted by Gasteiger charge is -2.34. The van der Waals surface area contributed by atoms with Crippen molar-refractivity contribution in [2.24, 2.45) is 11.3 Å². The quantitative estimate of drug-likeness (QED) is 0.0254. The summed E-state index contributed by atoms with van der Waals surface area (Å²) in [4.78, 5) is 95.7. The Hall–Kier alpha value is -2.72. The second-order valence-corrected chi connectivity index (χ2v) is 29.2. The van der Waals surface area contributed by atoms with Gasteiger partial charge in [-0.3, -0.25) is 29.0 Å². The lowest BCUT2D eigenvalue weighted by atomic mass is 9.79. The molecule has 6 atom stereocenters. The van der Waals surface area contributed by atoms with Crippen molar-refractivity contribution < 1.29 is 47.7 Å². The molecule has 0 heterocycles. The van der Waals surface area contributed by atoms with Crippen LogP contribution in [0.1, 0.15) is 204 Å². The lowest BCUT2D eigenvalue weighted by Crippen LogP contribution is -2.47. The highest BCUT2D eigenvalue weighted by Gasteiger charge is 2.35. The normalized spacial score (nSPS) is 14.4. The van der Waals surface area contributed by atoms with E-state index in [9.17, 15) is 28.8 Å². The van der Waals surface area contributed by atoms with Gasteiger partial charge in [0.05, 0.1) is 0 Å². The molecule has 85 heavy (non-hydrogen) atoms. The Bertz CT molecular complexity index is 1770. The van der Waals surface area contributed by atoms with Crippen molar-refractivity contribution in [1.29, 1.82) is 0 Å². The fourth-order valence-electron chi connectivity index (χ4n) is 10.6. The van der Waals surface area contributed by atoms with Crippen LogP contribution in [0.25, 0.3) is 0 Å². The van der Waals surface area contributed by atoms with E-state index in [1.807, 2.05) is 55.4 Å². The summed E-state index contributed by atoms with van der Waals surface area (Å²) in [7, 11) is 19.1. The molecule has 0 aromatic heterocycles. The van der Waals surface area contributed by atoms with Gasteiger partial charge in [-0.25, -0.2) is 9.59 Å². The van der Waals surface area contributed by atoms with Crippen molar-refractivity contribution in [2.45, 2.75) is 240 Å². The Kier molecular flexibility index (Phi) is 46.6. The summed E-state index contributed by atoms with van der Waals surface area (Å²) in [5.74, 6) is -2.12. The maximum absolute atomic E-state index is 14.4. The Labute approximate surface area is 527 Å². The molecule has 0 saturated heterocycles. The predicted molar refractivity (Wildman–Crippen MR) is 354 cm³/mol. The molecule has 0 saturated carbocycles. The molecule has 0 spiro atoms. The van der Waals surface area contributed by atoms with Crippen molar-refractivity contribution in [2.75, 3.05) is 133 Å². The van der Waals surface area contributed by atoms with Crippen LogP contribution >= 0.6 is 21.6 Å². The average Bonchev–Trinajstić information content (AvgIpc) is 3.56. The fraction of sp³-hybridized carbons (Fsp3) is 0.908. The molecule has 0 aliphatic heterocycles. The average molecular weight is 1250 g/mol. The third-order valence-corrected chi connectivity index (χ3v) is 17.1. The molecule has 2 N–H and O–H groups in total. The van der Waals surface area contributed by atoms with Crippen LogP contribution in [0.5, 0.6) is 0 Å².